The zero-order chi connectivity index (χ0) is 17.7. The number of methoxy groups -OCH3 is 1. The van der Waals surface area contributed by atoms with Gasteiger partial charge in [-0.1, -0.05) is 60.7 Å². The molecular weight excluding hydrogens is 314 g/mol. The first-order valence-corrected chi connectivity index (χ1v) is 8.61. The molecule has 0 amide bonds. The Labute approximate surface area is 149 Å². The van der Waals surface area contributed by atoms with E-state index in [4.69, 9.17) is 4.74 Å². The summed E-state index contributed by atoms with van der Waals surface area (Å²) in [6, 6.07) is 17.3. The molecule has 1 saturated heterocycles. The zero-order valence-electron chi connectivity index (χ0n) is 14.5. The lowest BCUT2D eigenvalue weighted by molar-refractivity contribution is -0.123. The summed E-state index contributed by atoms with van der Waals surface area (Å²) >= 11 is 0. The molecule has 0 aliphatic carbocycles. The van der Waals surface area contributed by atoms with Crippen molar-refractivity contribution in [2.75, 3.05) is 26.7 Å². The van der Waals surface area contributed by atoms with Crippen LogP contribution in [0.2, 0.25) is 0 Å². The summed E-state index contributed by atoms with van der Waals surface area (Å²) in [6.07, 6.45) is 3.81. The third-order valence-corrected chi connectivity index (χ3v) is 4.87. The van der Waals surface area contributed by atoms with Gasteiger partial charge >= 0.3 is 0 Å². The molecule has 0 unspecified atom stereocenters. The van der Waals surface area contributed by atoms with Crippen LogP contribution in [-0.2, 0) is 5.60 Å². The molecule has 0 aromatic heterocycles. The smallest absolute Gasteiger partial charge is 0.126 e. The van der Waals surface area contributed by atoms with Crippen LogP contribution in [0.4, 0.5) is 0 Å². The molecule has 4 nitrogen and oxygen atoms in total. The van der Waals surface area contributed by atoms with E-state index < -0.39 is 11.7 Å². The minimum absolute atomic E-state index is 0.446. The number of aliphatic hydroxyl groups is 2. The lowest BCUT2D eigenvalue weighted by Gasteiger charge is -2.42. The van der Waals surface area contributed by atoms with Crippen molar-refractivity contribution in [3.63, 3.8) is 0 Å². The molecule has 0 saturated carbocycles. The molecule has 2 aromatic carbocycles. The molecule has 2 atom stereocenters. The van der Waals surface area contributed by atoms with Crippen LogP contribution in [0.25, 0.3) is 6.08 Å². The monoisotopic (exact) mass is 339 g/mol. The lowest BCUT2D eigenvalue weighted by atomic mass is 9.82. The second-order valence-corrected chi connectivity index (χ2v) is 6.46. The standard InChI is InChI=1S/C21H25NO3/c1-25-19-12-6-5-8-17(19)9-7-14-22-15-13-21(24,20(23)16-22)18-10-3-2-4-11-18/h2-12,20,23-24H,13-16H2,1H3/t20-,21-/m0/s1. The molecule has 0 radical (unpaired) electrons. The van der Waals surface area contributed by atoms with Crippen LogP contribution in [0.3, 0.4) is 0 Å². The van der Waals surface area contributed by atoms with Crippen LogP contribution in [0, 0.1) is 0 Å². The topological polar surface area (TPSA) is 52.9 Å². The molecule has 1 heterocycles. The van der Waals surface area contributed by atoms with E-state index in [2.05, 4.69) is 11.0 Å². The molecule has 132 valence electrons. The largest absolute Gasteiger partial charge is 0.496 e. The van der Waals surface area contributed by atoms with Crippen LogP contribution in [-0.4, -0.2) is 48.0 Å². The van der Waals surface area contributed by atoms with Gasteiger partial charge in [-0.15, -0.1) is 0 Å². The number of ether oxygens (including phenoxy) is 1. The Morgan fingerprint density at radius 1 is 1.16 bits per heavy atom. The highest BCUT2D eigenvalue weighted by Gasteiger charge is 2.41. The molecule has 25 heavy (non-hydrogen) atoms. The number of para-hydroxylation sites is 1. The summed E-state index contributed by atoms with van der Waals surface area (Å²) in [5.74, 6) is 0.843. The highest BCUT2D eigenvalue weighted by molar-refractivity contribution is 5.57. The number of β-amino-alcohol motifs (C(OH)–C–C–N with tert-alkyl or cyclic N) is 1. The number of hydrogen-bond donors (Lipinski definition) is 2. The van der Waals surface area contributed by atoms with Gasteiger partial charge in [-0.3, -0.25) is 4.90 Å². The van der Waals surface area contributed by atoms with Crippen molar-refractivity contribution in [3.05, 3.63) is 71.8 Å². The maximum Gasteiger partial charge on any atom is 0.126 e. The van der Waals surface area contributed by atoms with Crippen molar-refractivity contribution in [3.8, 4) is 5.75 Å². The third kappa shape index (κ3) is 3.93. The molecule has 2 aromatic rings. The van der Waals surface area contributed by atoms with Crippen molar-refractivity contribution in [2.45, 2.75) is 18.1 Å². The second-order valence-electron chi connectivity index (χ2n) is 6.46. The Morgan fingerprint density at radius 2 is 1.88 bits per heavy atom. The van der Waals surface area contributed by atoms with Crippen molar-refractivity contribution in [2.24, 2.45) is 0 Å². The summed E-state index contributed by atoms with van der Waals surface area (Å²) in [4.78, 5) is 2.15. The fourth-order valence-corrected chi connectivity index (χ4v) is 3.34. The summed E-state index contributed by atoms with van der Waals surface area (Å²) in [6.45, 7) is 1.90. The highest BCUT2D eigenvalue weighted by atomic mass is 16.5. The molecule has 3 rings (SSSR count). The predicted molar refractivity (Wildman–Crippen MR) is 99.4 cm³/mol. The molecule has 1 aliphatic rings. The van der Waals surface area contributed by atoms with E-state index in [1.165, 1.54) is 0 Å². The predicted octanol–water partition coefficient (Wildman–Crippen LogP) is 2.66. The van der Waals surface area contributed by atoms with Crippen LogP contribution < -0.4 is 4.74 Å². The fraction of sp³-hybridized carbons (Fsp3) is 0.333. The van der Waals surface area contributed by atoms with Gasteiger partial charge < -0.3 is 14.9 Å². The van der Waals surface area contributed by atoms with E-state index in [0.717, 1.165) is 30.0 Å². The average molecular weight is 339 g/mol. The van der Waals surface area contributed by atoms with Crippen LogP contribution >= 0.6 is 0 Å². The van der Waals surface area contributed by atoms with Crippen LogP contribution in [0.1, 0.15) is 17.5 Å². The summed E-state index contributed by atoms with van der Waals surface area (Å²) in [5, 5.41) is 21.4. The van der Waals surface area contributed by atoms with Gasteiger partial charge in [-0.25, -0.2) is 0 Å². The van der Waals surface area contributed by atoms with Gasteiger partial charge in [-0.2, -0.15) is 0 Å². The normalized spacial score (nSPS) is 24.5. The minimum Gasteiger partial charge on any atom is -0.496 e. The quantitative estimate of drug-likeness (QED) is 0.879. The molecule has 4 heteroatoms. The summed E-state index contributed by atoms with van der Waals surface area (Å²) in [5.41, 5.74) is 0.652. The van der Waals surface area contributed by atoms with Gasteiger partial charge in [0.2, 0.25) is 0 Å². The molecule has 0 bridgehead atoms. The summed E-state index contributed by atoms with van der Waals surface area (Å²) < 4.78 is 5.34. The number of nitrogens with zero attached hydrogens (tertiary/aromatic N) is 1. The van der Waals surface area contributed by atoms with Gasteiger partial charge in [0.05, 0.1) is 13.2 Å². The van der Waals surface area contributed by atoms with Crippen LogP contribution in [0.5, 0.6) is 5.75 Å². The zero-order valence-corrected chi connectivity index (χ0v) is 14.5. The lowest BCUT2D eigenvalue weighted by Crippen LogP contribution is -2.53. The Bertz CT molecular complexity index is 716. The number of benzene rings is 2. The van der Waals surface area contributed by atoms with Crippen molar-refractivity contribution in [1.29, 1.82) is 0 Å². The van der Waals surface area contributed by atoms with E-state index in [9.17, 15) is 10.2 Å². The maximum absolute atomic E-state index is 10.9. The molecule has 2 N–H and O–H groups in total. The van der Waals surface area contributed by atoms with Crippen molar-refractivity contribution in [1.82, 2.24) is 4.90 Å². The highest BCUT2D eigenvalue weighted by Crippen LogP contribution is 2.33. The molecule has 1 aliphatic heterocycles. The Balaban J connectivity index is 1.61. The number of piperidine rings is 1. The van der Waals surface area contributed by atoms with Gasteiger partial charge in [0.15, 0.2) is 0 Å². The SMILES string of the molecule is COc1ccccc1C=CCN1CC[C@](O)(c2ccccc2)[C@@H](O)C1. The number of likely N-dealkylation sites (tertiary alicyclic amines) is 1. The first-order chi connectivity index (χ1) is 12.1. The van der Waals surface area contributed by atoms with Gasteiger partial charge in [0.25, 0.3) is 0 Å². The van der Waals surface area contributed by atoms with Crippen molar-refractivity contribution >= 4 is 6.08 Å². The van der Waals surface area contributed by atoms with E-state index in [-0.39, 0.29) is 0 Å². The molecule has 0 spiro atoms. The number of hydrogen-bond acceptors (Lipinski definition) is 4. The molecular formula is C21H25NO3. The first kappa shape index (κ1) is 17.7. The average Bonchev–Trinajstić information content (AvgIpc) is 2.66. The number of rotatable bonds is 5. The van der Waals surface area contributed by atoms with E-state index in [1.807, 2.05) is 60.7 Å². The molecule has 1 fully saturated rings. The Hall–Kier alpha value is -2.14. The van der Waals surface area contributed by atoms with Crippen LogP contribution in [0.15, 0.2) is 60.7 Å². The van der Waals surface area contributed by atoms with E-state index in [1.54, 1.807) is 7.11 Å². The van der Waals surface area contributed by atoms with E-state index in [0.29, 0.717) is 13.0 Å². The van der Waals surface area contributed by atoms with Crippen molar-refractivity contribution < 1.29 is 14.9 Å². The van der Waals surface area contributed by atoms with Gasteiger partial charge in [0.1, 0.15) is 11.4 Å². The third-order valence-electron chi connectivity index (χ3n) is 4.87. The maximum atomic E-state index is 10.9. The second kappa shape index (κ2) is 7.83. The van der Waals surface area contributed by atoms with Gasteiger partial charge in [-0.05, 0) is 18.1 Å². The Morgan fingerprint density at radius 3 is 2.60 bits per heavy atom. The minimum atomic E-state index is -1.16. The Kier molecular flexibility index (Phi) is 5.53. The number of aliphatic hydroxyl groups excluding tert-OH is 1. The fourth-order valence-electron chi connectivity index (χ4n) is 3.34. The van der Waals surface area contributed by atoms with E-state index >= 15 is 0 Å². The van der Waals surface area contributed by atoms with Gasteiger partial charge in [0, 0.05) is 25.2 Å². The summed E-state index contributed by atoms with van der Waals surface area (Å²) in [7, 11) is 1.66. The first-order valence-electron chi connectivity index (χ1n) is 8.61.